The fraction of sp³-hybridized carbons (Fsp3) is 0.556. The van der Waals surface area contributed by atoms with Crippen LogP contribution in [0.5, 0.6) is 0 Å². The van der Waals surface area contributed by atoms with E-state index in [0.717, 1.165) is 42.5 Å². The number of carbonyl (C=O) groups is 1. The Morgan fingerprint density at radius 2 is 2.21 bits per heavy atom. The Morgan fingerprint density at radius 3 is 3.04 bits per heavy atom. The number of hydrogen-bond acceptors (Lipinski definition) is 5. The predicted molar refractivity (Wildman–Crippen MR) is 96.6 cm³/mol. The van der Waals surface area contributed by atoms with Gasteiger partial charge in [0.05, 0.1) is 11.8 Å². The number of fused-ring (bicyclic) bond motifs is 2. The third-order valence-corrected chi connectivity index (χ3v) is 6.08. The van der Waals surface area contributed by atoms with Crippen LogP contribution < -0.4 is 11.1 Å². The van der Waals surface area contributed by atoms with E-state index in [4.69, 9.17) is 15.5 Å². The van der Waals surface area contributed by atoms with E-state index in [-0.39, 0.29) is 12.0 Å². The zero-order chi connectivity index (χ0) is 16.5. The number of rotatable bonds is 3. The molecule has 0 aromatic carbocycles. The van der Waals surface area contributed by atoms with Gasteiger partial charge in [-0.1, -0.05) is 6.42 Å². The van der Waals surface area contributed by atoms with Crippen molar-refractivity contribution >= 4 is 33.1 Å². The molecular formula is C18H23N3O2S. The van der Waals surface area contributed by atoms with Crippen LogP contribution in [0, 0.1) is 0 Å². The molecule has 3 heterocycles. The van der Waals surface area contributed by atoms with Crippen LogP contribution in [0.2, 0.25) is 0 Å². The first-order chi connectivity index (χ1) is 11.7. The third kappa shape index (κ3) is 3.00. The molecule has 6 heteroatoms. The molecule has 2 aliphatic rings. The second-order valence-corrected chi connectivity index (χ2v) is 7.70. The fourth-order valence-electron chi connectivity index (χ4n) is 3.60. The van der Waals surface area contributed by atoms with Crippen molar-refractivity contribution in [2.75, 3.05) is 18.9 Å². The molecule has 1 aliphatic carbocycles. The van der Waals surface area contributed by atoms with Crippen LogP contribution in [0.25, 0.3) is 10.2 Å². The van der Waals surface area contributed by atoms with Gasteiger partial charge in [0.2, 0.25) is 0 Å². The summed E-state index contributed by atoms with van der Waals surface area (Å²) in [6, 6.07) is 2.16. The molecule has 5 nitrogen and oxygen atoms in total. The third-order valence-electron chi connectivity index (χ3n) is 4.97. The van der Waals surface area contributed by atoms with Gasteiger partial charge in [0.1, 0.15) is 9.71 Å². The van der Waals surface area contributed by atoms with E-state index < -0.39 is 0 Å². The molecule has 0 saturated carbocycles. The highest BCUT2D eigenvalue weighted by molar-refractivity contribution is 7.21. The molecule has 2 aromatic heterocycles. The molecular weight excluding hydrogens is 322 g/mol. The van der Waals surface area contributed by atoms with E-state index in [1.54, 1.807) is 0 Å². The average molecular weight is 345 g/mol. The Kier molecular flexibility index (Phi) is 4.41. The van der Waals surface area contributed by atoms with Gasteiger partial charge in [0, 0.05) is 24.2 Å². The highest BCUT2D eigenvalue weighted by atomic mass is 32.1. The number of anilines is 1. The normalized spacial score (nSPS) is 20.8. The molecule has 1 aliphatic heterocycles. The minimum absolute atomic E-state index is 0.110. The van der Waals surface area contributed by atoms with E-state index in [0.29, 0.717) is 17.1 Å². The number of amides is 1. The summed E-state index contributed by atoms with van der Waals surface area (Å²) < 4.78 is 5.55. The molecule has 4 rings (SSSR count). The van der Waals surface area contributed by atoms with E-state index in [1.807, 2.05) is 0 Å². The Bertz CT molecular complexity index is 765. The minimum atomic E-state index is -0.110. The number of pyridine rings is 1. The quantitative estimate of drug-likeness (QED) is 0.838. The number of nitrogens with two attached hydrogens (primary N) is 1. The summed E-state index contributed by atoms with van der Waals surface area (Å²) in [7, 11) is 0. The maximum Gasteiger partial charge on any atom is 0.263 e. The van der Waals surface area contributed by atoms with Crippen molar-refractivity contribution in [1.82, 2.24) is 10.3 Å². The van der Waals surface area contributed by atoms with Crippen molar-refractivity contribution in [1.29, 1.82) is 0 Å². The summed E-state index contributed by atoms with van der Waals surface area (Å²) in [5, 5.41) is 3.89. The minimum Gasteiger partial charge on any atom is -0.397 e. The highest BCUT2D eigenvalue weighted by Gasteiger charge is 2.22. The molecule has 0 bridgehead atoms. The number of nitrogens with zero attached hydrogens (tertiary/aromatic N) is 1. The molecule has 0 radical (unpaired) electrons. The van der Waals surface area contributed by atoms with Gasteiger partial charge in [-0.05, 0) is 50.2 Å². The number of carbonyl (C=O) groups excluding carboxylic acids is 1. The molecule has 1 atom stereocenters. The summed E-state index contributed by atoms with van der Waals surface area (Å²) in [6.07, 6.45) is 7.98. The monoisotopic (exact) mass is 345 g/mol. The number of thiophene rings is 1. The van der Waals surface area contributed by atoms with Crippen molar-refractivity contribution in [3.05, 3.63) is 22.2 Å². The highest BCUT2D eigenvalue weighted by Crippen LogP contribution is 2.35. The van der Waals surface area contributed by atoms with Crippen LogP contribution in [0.15, 0.2) is 6.07 Å². The SMILES string of the molecule is Nc1c(C(=O)NCC2CCCO2)sc2nc3c(cc12)CCCCC3. The van der Waals surface area contributed by atoms with Crippen LogP contribution >= 0.6 is 11.3 Å². The Morgan fingerprint density at radius 1 is 1.33 bits per heavy atom. The number of ether oxygens (including phenoxy) is 1. The van der Waals surface area contributed by atoms with Crippen LogP contribution in [0.4, 0.5) is 5.69 Å². The first kappa shape index (κ1) is 15.8. The van der Waals surface area contributed by atoms with Crippen molar-refractivity contribution < 1.29 is 9.53 Å². The number of aryl methyl sites for hydroxylation is 2. The van der Waals surface area contributed by atoms with E-state index in [1.165, 1.54) is 41.9 Å². The largest absolute Gasteiger partial charge is 0.397 e. The van der Waals surface area contributed by atoms with Gasteiger partial charge >= 0.3 is 0 Å². The lowest BCUT2D eigenvalue weighted by Gasteiger charge is -2.10. The topological polar surface area (TPSA) is 77.2 Å². The number of nitrogens with one attached hydrogen (secondary N) is 1. The van der Waals surface area contributed by atoms with Gasteiger partial charge in [0.15, 0.2) is 0 Å². The molecule has 1 unspecified atom stereocenters. The van der Waals surface area contributed by atoms with Crippen molar-refractivity contribution in [2.45, 2.75) is 51.0 Å². The number of nitrogen functional groups attached to an aromatic ring is 1. The van der Waals surface area contributed by atoms with Crippen LogP contribution in [0.3, 0.4) is 0 Å². The van der Waals surface area contributed by atoms with Gasteiger partial charge in [-0.2, -0.15) is 0 Å². The number of aromatic nitrogens is 1. The second-order valence-electron chi connectivity index (χ2n) is 6.70. The summed E-state index contributed by atoms with van der Waals surface area (Å²) in [5.74, 6) is -0.110. The summed E-state index contributed by atoms with van der Waals surface area (Å²) in [5.41, 5.74) is 9.33. The predicted octanol–water partition coefficient (Wildman–Crippen LogP) is 3.06. The molecule has 1 saturated heterocycles. The summed E-state index contributed by atoms with van der Waals surface area (Å²) in [6.45, 7) is 1.34. The van der Waals surface area contributed by atoms with Gasteiger partial charge in [-0.25, -0.2) is 4.98 Å². The maximum absolute atomic E-state index is 12.5. The first-order valence-corrected chi connectivity index (χ1v) is 9.64. The second kappa shape index (κ2) is 6.69. The summed E-state index contributed by atoms with van der Waals surface area (Å²) >= 11 is 1.41. The Hall–Kier alpha value is -1.66. The molecule has 24 heavy (non-hydrogen) atoms. The molecule has 3 N–H and O–H groups in total. The lowest BCUT2D eigenvalue weighted by molar-refractivity contribution is 0.0862. The van der Waals surface area contributed by atoms with Gasteiger partial charge in [0.25, 0.3) is 5.91 Å². The lowest BCUT2D eigenvalue weighted by atomic mass is 10.1. The molecule has 1 fully saturated rings. The first-order valence-electron chi connectivity index (χ1n) is 8.83. The van der Waals surface area contributed by atoms with Crippen LogP contribution in [-0.4, -0.2) is 30.1 Å². The zero-order valence-corrected chi connectivity index (χ0v) is 14.6. The van der Waals surface area contributed by atoms with Crippen LogP contribution in [-0.2, 0) is 17.6 Å². The summed E-state index contributed by atoms with van der Waals surface area (Å²) in [4.78, 5) is 18.8. The Balaban J connectivity index is 1.59. The van der Waals surface area contributed by atoms with E-state index in [9.17, 15) is 4.79 Å². The molecule has 128 valence electrons. The van der Waals surface area contributed by atoms with Crippen molar-refractivity contribution in [3.8, 4) is 0 Å². The lowest BCUT2D eigenvalue weighted by Crippen LogP contribution is -2.31. The average Bonchev–Trinajstić information content (AvgIpc) is 3.14. The van der Waals surface area contributed by atoms with E-state index in [2.05, 4.69) is 11.4 Å². The van der Waals surface area contributed by atoms with Crippen LogP contribution in [0.1, 0.15) is 53.0 Å². The van der Waals surface area contributed by atoms with Gasteiger partial charge in [-0.15, -0.1) is 11.3 Å². The smallest absolute Gasteiger partial charge is 0.263 e. The zero-order valence-electron chi connectivity index (χ0n) is 13.8. The van der Waals surface area contributed by atoms with Gasteiger partial charge in [-0.3, -0.25) is 4.79 Å². The van der Waals surface area contributed by atoms with Crippen molar-refractivity contribution in [3.63, 3.8) is 0 Å². The van der Waals surface area contributed by atoms with Crippen molar-refractivity contribution in [2.24, 2.45) is 0 Å². The molecule has 2 aromatic rings. The fourth-order valence-corrected chi connectivity index (χ4v) is 4.61. The van der Waals surface area contributed by atoms with Gasteiger partial charge < -0.3 is 15.8 Å². The standard InChI is InChI=1S/C18H23N3O2S/c19-15-13-9-11-5-2-1-3-7-14(11)21-18(13)24-16(15)17(22)20-10-12-6-4-8-23-12/h9,12H,1-8,10,19H2,(H,20,22). The Labute approximate surface area is 145 Å². The number of hydrogen-bond donors (Lipinski definition) is 2. The maximum atomic E-state index is 12.5. The molecule has 0 spiro atoms. The molecule has 1 amide bonds. The van der Waals surface area contributed by atoms with E-state index >= 15 is 0 Å².